The van der Waals surface area contributed by atoms with Crippen LogP contribution in [0.3, 0.4) is 0 Å². The fourth-order valence-electron chi connectivity index (χ4n) is 1.28. The van der Waals surface area contributed by atoms with Crippen LogP contribution < -0.4 is 16.0 Å². The summed E-state index contributed by atoms with van der Waals surface area (Å²) in [5, 5.41) is 4.66. The van der Waals surface area contributed by atoms with Gasteiger partial charge in [-0.25, -0.2) is 5.84 Å². The van der Waals surface area contributed by atoms with Gasteiger partial charge in [0.15, 0.2) is 5.00 Å². The van der Waals surface area contributed by atoms with E-state index < -0.39 is 0 Å². The monoisotopic (exact) mass is 236 g/mol. The van der Waals surface area contributed by atoms with Gasteiger partial charge in [0.25, 0.3) is 0 Å². The Morgan fingerprint density at radius 1 is 1.44 bits per heavy atom. The van der Waals surface area contributed by atoms with Crippen molar-refractivity contribution in [3.63, 3.8) is 0 Å². The number of nitrogen functional groups attached to an aromatic ring is 1. The van der Waals surface area contributed by atoms with Crippen molar-refractivity contribution in [2.45, 2.75) is 13.5 Å². The van der Waals surface area contributed by atoms with E-state index in [1.807, 2.05) is 31.2 Å². The first-order chi connectivity index (χ1) is 7.81. The first-order valence-corrected chi connectivity index (χ1v) is 5.55. The van der Waals surface area contributed by atoms with Crippen molar-refractivity contribution in [2.75, 3.05) is 5.43 Å². The number of benzene rings is 1. The number of hydrogen-bond acceptors (Lipinski definition) is 6. The predicted molar refractivity (Wildman–Crippen MR) is 63.2 cm³/mol. The van der Waals surface area contributed by atoms with Crippen LogP contribution in [0.25, 0.3) is 0 Å². The minimum absolute atomic E-state index is 0.362. The van der Waals surface area contributed by atoms with E-state index in [1.165, 1.54) is 11.5 Å². The number of para-hydroxylation sites is 1. The van der Waals surface area contributed by atoms with Crippen LogP contribution in [0, 0.1) is 6.92 Å². The molecule has 0 fully saturated rings. The van der Waals surface area contributed by atoms with Gasteiger partial charge in [0.1, 0.15) is 18.1 Å². The number of hydrogen-bond donors (Lipinski definition) is 2. The molecule has 2 rings (SSSR count). The zero-order chi connectivity index (χ0) is 11.4. The molecule has 0 aliphatic carbocycles. The van der Waals surface area contributed by atoms with Crippen molar-refractivity contribution >= 4 is 16.5 Å². The Kier molecular flexibility index (Phi) is 3.33. The molecular weight excluding hydrogens is 224 g/mol. The van der Waals surface area contributed by atoms with Crippen molar-refractivity contribution in [1.82, 2.24) is 9.59 Å². The predicted octanol–water partition coefficient (Wildman–Crippen LogP) is 1.71. The molecule has 0 aliphatic heterocycles. The molecule has 1 aromatic carbocycles. The Hall–Kier alpha value is -1.66. The lowest BCUT2D eigenvalue weighted by Crippen LogP contribution is -2.08. The lowest BCUT2D eigenvalue weighted by molar-refractivity contribution is 0.299. The van der Waals surface area contributed by atoms with Gasteiger partial charge in [0.05, 0.1) is 0 Å². The summed E-state index contributed by atoms with van der Waals surface area (Å²) in [4.78, 5) is 0. The highest BCUT2D eigenvalue weighted by Gasteiger charge is 2.07. The number of nitrogens with one attached hydrogen (secondary N) is 1. The summed E-state index contributed by atoms with van der Waals surface area (Å²) in [6.45, 7) is 2.36. The van der Waals surface area contributed by atoms with E-state index in [1.54, 1.807) is 0 Å². The van der Waals surface area contributed by atoms with Crippen molar-refractivity contribution in [3.05, 3.63) is 35.5 Å². The SMILES string of the molecule is Cc1ccccc1OCc1nnsc1NN. The van der Waals surface area contributed by atoms with Gasteiger partial charge in [-0.1, -0.05) is 22.7 Å². The molecule has 1 aromatic heterocycles. The Bertz CT molecular complexity index is 471. The highest BCUT2D eigenvalue weighted by atomic mass is 32.1. The third-order valence-corrected chi connectivity index (χ3v) is 2.84. The van der Waals surface area contributed by atoms with Crippen LogP contribution in [0.15, 0.2) is 24.3 Å². The molecule has 1 heterocycles. The highest BCUT2D eigenvalue weighted by Crippen LogP contribution is 2.21. The van der Waals surface area contributed by atoms with Gasteiger partial charge in [0.2, 0.25) is 0 Å². The molecule has 2 aromatic rings. The maximum atomic E-state index is 5.63. The molecule has 0 saturated carbocycles. The summed E-state index contributed by atoms with van der Waals surface area (Å²) in [5.41, 5.74) is 4.35. The topological polar surface area (TPSA) is 73.1 Å². The van der Waals surface area contributed by atoms with Crippen LogP contribution in [-0.2, 0) is 6.61 Å². The van der Waals surface area contributed by atoms with Crippen molar-refractivity contribution < 1.29 is 4.74 Å². The maximum Gasteiger partial charge on any atom is 0.150 e. The van der Waals surface area contributed by atoms with E-state index in [-0.39, 0.29) is 0 Å². The van der Waals surface area contributed by atoms with E-state index in [0.29, 0.717) is 6.61 Å². The second-order valence-electron chi connectivity index (χ2n) is 3.25. The van der Waals surface area contributed by atoms with Crippen molar-refractivity contribution in [3.8, 4) is 5.75 Å². The average Bonchev–Trinajstić information content (AvgIpc) is 2.75. The molecule has 3 N–H and O–H groups in total. The fraction of sp³-hybridized carbons (Fsp3) is 0.200. The van der Waals surface area contributed by atoms with Gasteiger partial charge in [-0.3, -0.25) is 0 Å². The maximum absolute atomic E-state index is 5.63. The molecule has 0 spiro atoms. The Labute approximate surface area is 97.4 Å². The zero-order valence-electron chi connectivity index (χ0n) is 8.80. The zero-order valence-corrected chi connectivity index (χ0v) is 9.62. The molecule has 0 atom stereocenters. The molecule has 0 radical (unpaired) electrons. The second kappa shape index (κ2) is 4.91. The third-order valence-electron chi connectivity index (χ3n) is 2.14. The van der Waals surface area contributed by atoms with E-state index in [9.17, 15) is 0 Å². The summed E-state index contributed by atoms with van der Waals surface area (Å²) in [6, 6.07) is 7.82. The Balaban J connectivity index is 2.05. The molecular formula is C10H12N4OS. The lowest BCUT2D eigenvalue weighted by Gasteiger charge is -2.07. The first-order valence-electron chi connectivity index (χ1n) is 4.77. The van der Waals surface area contributed by atoms with Gasteiger partial charge in [-0.2, -0.15) is 0 Å². The van der Waals surface area contributed by atoms with Crippen LogP contribution in [0.5, 0.6) is 5.75 Å². The van der Waals surface area contributed by atoms with Crippen LogP contribution in [0.4, 0.5) is 5.00 Å². The van der Waals surface area contributed by atoms with Gasteiger partial charge < -0.3 is 10.2 Å². The normalized spacial score (nSPS) is 10.1. The number of ether oxygens (including phenoxy) is 1. The number of anilines is 1. The number of nitrogens with two attached hydrogens (primary N) is 1. The molecule has 6 heteroatoms. The second-order valence-corrected chi connectivity index (χ2v) is 4.00. The lowest BCUT2D eigenvalue weighted by atomic mass is 10.2. The Morgan fingerprint density at radius 3 is 3.00 bits per heavy atom. The molecule has 0 saturated heterocycles. The summed E-state index contributed by atoms with van der Waals surface area (Å²) < 4.78 is 9.43. The Morgan fingerprint density at radius 2 is 2.25 bits per heavy atom. The van der Waals surface area contributed by atoms with Crippen LogP contribution in [-0.4, -0.2) is 9.59 Å². The number of hydrazine groups is 1. The number of rotatable bonds is 4. The fourth-order valence-corrected chi connectivity index (χ4v) is 1.76. The first kappa shape index (κ1) is 10.8. The minimum atomic E-state index is 0.362. The number of aromatic nitrogens is 2. The average molecular weight is 236 g/mol. The quantitative estimate of drug-likeness (QED) is 0.624. The van der Waals surface area contributed by atoms with Gasteiger partial charge in [-0.05, 0) is 18.6 Å². The van der Waals surface area contributed by atoms with E-state index >= 15 is 0 Å². The molecule has 5 nitrogen and oxygen atoms in total. The van der Waals surface area contributed by atoms with E-state index in [2.05, 4.69) is 15.0 Å². The highest BCUT2D eigenvalue weighted by molar-refractivity contribution is 7.10. The van der Waals surface area contributed by atoms with Gasteiger partial charge in [-0.15, -0.1) is 5.10 Å². The van der Waals surface area contributed by atoms with E-state index in [0.717, 1.165) is 22.0 Å². The third kappa shape index (κ3) is 2.29. The molecule has 0 amide bonds. The van der Waals surface area contributed by atoms with Gasteiger partial charge >= 0.3 is 0 Å². The molecule has 84 valence electrons. The van der Waals surface area contributed by atoms with E-state index in [4.69, 9.17) is 10.6 Å². The molecule has 0 aliphatic rings. The standard InChI is InChI=1S/C10H12N4OS/c1-7-4-2-3-5-9(7)15-6-8-10(12-11)16-14-13-8/h2-5,12H,6,11H2,1H3. The number of nitrogens with zero attached hydrogens (tertiary/aromatic N) is 2. The van der Waals surface area contributed by atoms with Crippen molar-refractivity contribution in [2.24, 2.45) is 5.84 Å². The molecule has 0 unspecified atom stereocenters. The van der Waals surface area contributed by atoms with Crippen LogP contribution >= 0.6 is 11.5 Å². The van der Waals surface area contributed by atoms with Gasteiger partial charge in [0, 0.05) is 11.5 Å². The summed E-state index contributed by atoms with van der Waals surface area (Å²) in [6.07, 6.45) is 0. The number of aryl methyl sites for hydroxylation is 1. The smallest absolute Gasteiger partial charge is 0.150 e. The van der Waals surface area contributed by atoms with Crippen LogP contribution in [0.2, 0.25) is 0 Å². The minimum Gasteiger partial charge on any atom is -0.487 e. The molecule has 16 heavy (non-hydrogen) atoms. The summed E-state index contributed by atoms with van der Waals surface area (Å²) in [7, 11) is 0. The van der Waals surface area contributed by atoms with Crippen LogP contribution in [0.1, 0.15) is 11.3 Å². The van der Waals surface area contributed by atoms with Crippen molar-refractivity contribution in [1.29, 1.82) is 0 Å². The summed E-state index contributed by atoms with van der Waals surface area (Å²) in [5.74, 6) is 6.16. The summed E-state index contributed by atoms with van der Waals surface area (Å²) >= 11 is 1.21. The molecule has 0 bridgehead atoms. The largest absolute Gasteiger partial charge is 0.487 e.